The van der Waals surface area contributed by atoms with Crippen LogP contribution in [0.25, 0.3) is 0 Å². The molecule has 1 aromatic rings. The maximum Gasteiger partial charge on any atom is 0.324 e. The highest BCUT2D eigenvalue weighted by Crippen LogP contribution is 2.23. The van der Waals surface area contributed by atoms with Crippen LogP contribution >= 0.6 is 11.3 Å². The summed E-state index contributed by atoms with van der Waals surface area (Å²) in [6, 6.07) is 2.62. The Kier molecular flexibility index (Phi) is 4.60. The number of carbonyl (C=O) groups excluding carboxylic acids is 2. The fourth-order valence-corrected chi connectivity index (χ4v) is 1.99. The Bertz CT molecular complexity index is 504. The van der Waals surface area contributed by atoms with Gasteiger partial charge in [-0.2, -0.15) is 0 Å². The molecule has 0 aliphatic rings. The molecule has 0 unspecified atom stereocenters. The zero-order chi connectivity index (χ0) is 14.6. The number of rotatable bonds is 4. The van der Waals surface area contributed by atoms with Crippen molar-refractivity contribution in [3.63, 3.8) is 0 Å². The van der Waals surface area contributed by atoms with Gasteiger partial charge in [0.2, 0.25) is 5.91 Å². The van der Waals surface area contributed by atoms with Crippen molar-refractivity contribution < 1.29 is 14.5 Å². The summed E-state index contributed by atoms with van der Waals surface area (Å²) < 4.78 is 0. The van der Waals surface area contributed by atoms with E-state index >= 15 is 0 Å². The molecule has 0 atom stereocenters. The number of hydrogen-bond acceptors (Lipinski definition) is 5. The summed E-state index contributed by atoms with van der Waals surface area (Å²) in [5.41, 5.74) is -0.371. The van der Waals surface area contributed by atoms with Gasteiger partial charge in [-0.05, 0) is 26.8 Å². The van der Waals surface area contributed by atoms with E-state index < -0.39 is 10.8 Å². The molecule has 2 N–H and O–H groups in total. The first-order valence-corrected chi connectivity index (χ1v) is 6.34. The van der Waals surface area contributed by atoms with Gasteiger partial charge >= 0.3 is 5.00 Å². The second kappa shape index (κ2) is 5.79. The molecule has 0 saturated carbocycles. The molecule has 1 rings (SSSR count). The van der Waals surface area contributed by atoms with Crippen molar-refractivity contribution in [3.8, 4) is 0 Å². The molecule has 8 heteroatoms. The van der Waals surface area contributed by atoms with Gasteiger partial charge in [0.15, 0.2) is 0 Å². The number of amides is 2. The molecule has 1 heterocycles. The molecule has 0 aromatic carbocycles. The third-order valence-corrected chi connectivity index (χ3v) is 2.96. The Morgan fingerprint density at radius 3 is 2.47 bits per heavy atom. The predicted octanol–water partition coefficient (Wildman–Crippen LogP) is 1.30. The molecule has 0 aliphatic carbocycles. The van der Waals surface area contributed by atoms with Gasteiger partial charge in [0, 0.05) is 11.6 Å². The summed E-state index contributed by atoms with van der Waals surface area (Å²) in [5.74, 6) is -0.811. The van der Waals surface area contributed by atoms with E-state index in [1.54, 1.807) is 0 Å². The van der Waals surface area contributed by atoms with Gasteiger partial charge < -0.3 is 10.6 Å². The molecular weight excluding hydrogens is 270 g/mol. The van der Waals surface area contributed by atoms with Crippen LogP contribution in [-0.4, -0.2) is 28.8 Å². The van der Waals surface area contributed by atoms with Crippen molar-refractivity contribution >= 4 is 28.2 Å². The van der Waals surface area contributed by atoms with Crippen molar-refractivity contribution in [1.29, 1.82) is 0 Å². The number of hydrogen-bond donors (Lipinski definition) is 2. The lowest BCUT2D eigenvalue weighted by molar-refractivity contribution is -0.380. The van der Waals surface area contributed by atoms with E-state index in [1.807, 2.05) is 20.8 Å². The minimum atomic E-state index is -0.562. The van der Waals surface area contributed by atoms with Crippen molar-refractivity contribution in [2.45, 2.75) is 26.3 Å². The van der Waals surface area contributed by atoms with Crippen LogP contribution in [0.3, 0.4) is 0 Å². The van der Waals surface area contributed by atoms with Crippen molar-refractivity contribution in [3.05, 3.63) is 27.1 Å². The van der Waals surface area contributed by atoms with Gasteiger partial charge in [-0.3, -0.25) is 19.7 Å². The van der Waals surface area contributed by atoms with Crippen molar-refractivity contribution in [1.82, 2.24) is 10.6 Å². The number of nitro groups is 1. The van der Waals surface area contributed by atoms with E-state index in [4.69, 9.17) is 0 Å². The first-order chi connectivity index (χ1) is 8.69. The van der Waals surface area contributed by atoms with Gasteiger partial charge in [-0.25, -0.2) is 0 Å². The zero-order valence-electron chi connectivity index (χ0n) is 10.9. The number of nitrogens with zero attached hydrogens (tertiary/aromatic N) is 1. The maximum absolute atomic E-state index is 11.6. The summed E-state index contributed by atoms with van der Waals surface area (Å²) >= 11 is 0.771. The zero-order valence-corrected chi connectivity index (χ0v) is 11.7. The van der Waals surface area contributed by atoms with E-state index in [0.29, 0.717) is 0 Å². The quantitative estimate of drug-likeness (QED) is 0.643. The van der Waals surface area contributed by atoms with Crippen molar-refractivity contribution in [2.75, 3.05) is 6.54 Å². The van der Waals surface area contributed by atoms with Gasteiger partial charge in [0.1, 0.15) is 0 Å². The van der Waals surface area contributed by atoms with Crippen molar-refractivity contribution in [2.24, 2.45) is 0 Å². The molecule has 7 nitrogen and oxygen atoms in total. The Labute approximate surface area is 114 Å². The lowest BCUT2D eigenvalue weighted by Gasteiger charge is -2.20. The van der Waals surface area contributed by atoms with Crippen LogP contribution in [0.1, 0.15) is 30.4 Å². The summed E-state index contributed by atoms with van der Waals surface area (Å²) in [7, 11) is 0. The Morgan fingerprint density at radius 1 is 1.37 bits per heavy atom. The van der Waals surface area contributed by atoms with Crippen LogP contribution in [0.4, 0.5) is 5.00 Å². The molecule has 0 fully saturated rings. The van der Waals surface area contributed by atoms with E-state index in [-0.39, 0.29) is 27.9 Å². The molecule has 0 spiro atoms. The second-order valence-corrected chi connectivity index (χ2v) is 5.94. The third kappa shape index (κ3) is 5.04. The summed E-state index contributed by atoms with van der Waals surface area (Å²) in [6.45, 7) is 5.32. The topological polar surface area (TPSA) is 101 Å². The van der Waals surface area contributed by atoms with E-state index in [0.717, 1.165) is 11.3 Å². The summed E-state index contributed by atoms with van der Waals surface area (Å²) in [5, 5.41) is 15.5. The Hall–Kier alpha value is -1.96. The monoisotopic (exact) mass is 285 g/mol. The van der Waals surface area contributed by atoms with Gasteiger partial charge in [-0.15, -0.1) is 0 Å². The fourth-order valence-electron chi connectivity index (χ4n) is 1.26. The molecule has 0 aliphatic heterocycles. The van der Waals surface area contributed by atoms with Crippen LogP contribution in [-0.2, 0) is 4.79 Å². The highest BCUT2D eigenvalue weighted by molar-refractivity contribution is 7.17. The maximum atomic E-state index is 11.6. The predicted molar refractivity (Wildman–Crippen MR) is 71.2 cm³/mol. The first kappa shape index (κ1) is 15.1. The van der Waals surface area contributed by atoms with Crippen LogP contribution in [0.5, 0.6) is 0 Å². The molecule has 0 radical (unpaired) electrons. The van der Waals surface area contributed by atoms with E-state index in [9.17, 15) is 19.7 Å². The normalized spacial score (nSPS) is 10.9. The Morgan fingerprint density at radius 2 is 2.00 bits per heavy atom. The first-order valence-electron chi connectivity index (χ1n) is 5.52. The van der Waals surface area contributed by atoms with Crippen LogP contribution in [0.2, 0.25) is 0 Å². The van der Waals surface area contributed by atoms with Gasteiger partial charge in [0.05, 0.1) is 16.3 Å². The highest BCUT2D eigenvalue weighted by atomic mass is 32.1. The average molecular weight is 285 g/mol. The largest absolute Gasteiger partial charge is 0.350 e. The summed E-state index contributed by atoms with van der Waals surface area (Å²) in [6.07, 6.45) is 0. The molecule has 1 aromatic heterocycles. The molecule has 0 saturated heterocycles. The minimum absolute atomic E-state index is 0.107. The SMILES string of the molecule is CC(C)(C)NC(=O)CNC(=O)c1ccc([N+](=O)[O-])s1. The highest BCUT2D eigenvalue weighted by Gasteiger charge is 2.17. The number of nitrogens with one attached hydrogen (secondary N) is 2. The third-order valence-electron chi connectivity index (χ3n) is 1.92. The lowest BCUT2D eigenvalue weighted by atomic mass is 10.1. The number of thiophene rings is 1. The van der Waals surface area contributed by atoms with Crippen LogP contribution in [0.15, 0.2) is 12.1 Å². The molecule has 104 valence electrons. The lowest BCUT2D eigenvalue weighted by Crippen LogP contribution is -2.45. The molecule has 0 bridgehead atoms. The van der Waals surface area contributed by atoms with Gasteiger partial charge in [0.25, 0.3) is 5.91 Å². The molecule has 2 amide bonds. The molecular formula is C11H15N3O4S. The second-order valence-electron chi connectivity index (χ2n) is 4.88. The average Bonchev–Trinajstić information content (AvgIpc) is 2.72. The van der Waals surface area contributed by atoms with Crippen LogP contribution in [0, 0.1) is 10.1 Å². The smallest absolute Gasteiger partial charge is 0.324 e. The standard InChI is InChI=1S/C11H15N3O4S/c1-11(2,3)13-8(15)6-12-10(16)7-4-5-9(19-7)14(17)18/h4-5H,6H2,1-3H3,(H,12,16)(H,13,15). The molecule has 19 heavy (non-hydrogen) atoms. The number of carbonyl (C=O) groups is 2. The summed E-state index contributed by atoms with van der Waals surface area (Å²) in [4.78, 5) is 33.2. The fraction of sp³-hybridized carbons (Fsp3) is 0.455. The Balaban J connectivity index is 2.51. The minimum Gasteiger partial charge on any atom is -0.350 e. The van der Waals surface area contributed by atoms with Gasteiger partial charge in [-0.1, -0.05) is 11.3 Å². The van der Waals surface area contributed by atoms with Crippen LogP contribution < -0.4 is 10.6 Å². The van der Waals surface area contributed by atoms with E-state index in [1.165, 1.54) is 12.1 Å². The van der Waals surface area contributed by atoms with E-state index in [2.05, 4.69) is 10.6 Å².